The van der Waals surface area contributed by atoms with Crippen molar-refractivity contribution in [3.05, 3.63) is 34.1 Å². The molecule has 0 aliphatic carbocycles. The molecule has 1 saturated heterocycles. The Morgan fingerprint density at radius 3 is 3.00 bits per heavy atom. The van der Waals surface area contributed by atoms with E-state index in [1.807, 2.05) is 7.05 Å². The molecule has 6 heteroatoms. The molecule has 5 nitrogen and oxygen atoms in total. The van der Waals surface area contributed by atoms with Gasteiger partial charge in [-0.2, -0.15) is 0 Å². The van der Waals surface area contributed by atoms with Crippen LogP contribution >= 0.6 is 0 Å². The Labute approximate surface area is 105 Å². The summed E-state index contributed by atoms with van der Waals surface area (Å²) in [6.07, 6.45) is 2.20. The topological polar surface area (TPSA) is 58.4 Å². The number of nitro benzene ring substituents is 1. The number of likely N-dealkylation sites (N-methyl/N-ethyl adjacent to an activating group) is 1. The number of nitro groups is 1. The Hall–Kier alpha value is -1.69. The van der Waals surface area contributed by atoms with Gasteiger partial charge in [0, 0.05) is 24.7 Å². The molecule has 0 amide bonds. The van der Waals surface area contributed by atoms with Crippen molar-refractivity contribution in [1.82, 2.24) is 4.90 Å². The zero-order valence-electron chi connectivity index (χ0n) is 10.2. The van der Waals surface area contributed by atoms with Crippen LogP contribution in [0.3, 0.4) is 0 Å². The van der Waals surface area contributed by atoms with Crippen LogP contribution in [0.5, 0.6) is 0 Å². The molecule has 1 fully saturated rings. The van der Waals surface area contributed by atoms with Crippen molar-refractivity contribution in [2.75, 3.05) is 25.5 Å². The van der Waals surface area contributed by atoms with E-state index in [-0.39, 0.29) is 11.4 Å². The summed E-state index contributed by atoms with van der Waals surface area (Å²) in [5.74, 6) is -0.470. The number of rotatable bonds is 4. The van der Waals surface area contributed by atoms with Gasteiger partial charge in [-0.25, -0.2) is 4.39 Å². The minimum Gasteiger partial charge on any atom is -0.378 e. The fourth-order valence-electron chi connectivity index (χ4n) is 2.27. The molecule has 1 aliphatic heterocycles. The van der Waals surface area contributed by atoms with Gasteiger partial charge in [0.05, 0.1) is 4.92 Å². The van der Waals surface area contributed by atoms with Gasteiger partial charge < -0.3 is 10.2 Å². The zero-order valence-corrected chi connectivity index (χ0v) is 10.2. The lowest BCUT2D eigenvalue weighted by Gasteiger charge is -2.20. The molecular weight excluding hydrogens is 237 g/mol. The summed E-state index contributed by atoms with van der Waals surface area (Å²) >= 11 is 0. The molecular formula is C12H16FN3O2. The van der Waals surface area contributed by atoms with Gasteiger partial charge in [-0.05, 0) is 32.5 Å². The van der Waals surface area contributed by atoms with Gasteiger partial charge in [0.2, 0.25) is 0 Å². The van der Waals surface area contributed by atoms with E-state index in [0.29, 0.717) is 12.6 Å². The highest BCUT2D eigenvalue weighted by molar-refractivity contribution is 5.61. The number of likely N-dealkylation sites (tertiary alicyclic amines) is 1. The number of hydrogen-bond donors (Lipinski definition) is 1. The first-order valence-corrected chi connectivity index (χ1v) is 5.96. The molecule has 1 aromatic carbocycles. The Balaban J connectivity index is 2.08. The van der Waals surface area contributed by atoms with Crippen LogP contribution in [0.1, 0.15) is 12.8 Å². The Kier molecular flexibility index (Phi) is 3.76. The van der Waals surface area contributed by atoms with Crippen LogP contribution in [0, 0.1) is 15.9 Å². The lowest BCUT2D eigenvalue weighted by atomic mass is 10.2. The summed E-state index contributed by atoms with van der Waals surface area (Å²) in [4.78, 5) is 12.5. The smallest absolute Gasteiger partial charge is 0.292 e. The molecule has 0 saturated carbocycles. The van der Waals surface area contributed by atoms with E-state index in [1.165, 1.54) is 12.1 Å². The van der Waals surface area contributed by atoms with Crippen molar-refractivity contribution in [2.45, 2.75) is 18.9 Å². The van der Waals surface area contributed by atoms with Crippen molar-refractivity contribution in [2.24, 2.45) is 0 Å². The first kappa shape index (κ1) is 12.8. The van der Waals surface area contributed by atoms with E-state index in [2.05, 4.69) is 10.2 Å². The molecule has 2 rings (SSSR count). The second kappa shape index (κ2) is 5.30. The van der Waals surface area contributed by atoms with E-state index >= 15 is 0 Å². The average molecular weight is 253 g/mol. The Morgan fingerprint density at radius 1 is 1.61 bits per heavy atom. The summed E-state index contributed by atoms with van der Waals surface area (Å²) in [6, 6.07) is 3.82. The fraction of sp³-hybridized carbons (Fsp3) is 0.500. The maximum Gasteiger partial charge on any atom is 0.292 e. The van der Waals surface area contributed by atoms with Gasteiger partial charge in [-0.3, -0.25) is 10.1 Å². The lowest BCUT2D eigenvalue weighted by molar-refractivity contribution is -0.384. The van der Waals surface area contributed by atoms with E-state index in [4.69, 9.17) is 0 Å². The molecule has 1 heterocycles. The maximum absolute atomic E-state index is 13.1. The van der Waals surface area contributed by atoms with E-state index < -0.39 is 10.7 Å². The van der Waals surface area contributed by atoms with Crippen molar-refractivity contribution >= 4 is 11.4 Å². The van der Waals surface area contributed by atoms with Crippen LogP contribution < -0.4 is 5.32 Å². The predicted octanol–water partition coefficient (Wildman–Crippen LogP) is 2.24. The van der Waals surface area contributed by atoms with E-state index in [9.17, 15) is 14.5 Å². The average Bonchev–Trinajstić information content (AvgIpc) is 2.72. The standard InChI is InChI=1S/C12H16FN3O2/c1-15-6-2-3-10(15)8-14-11-7-9(13)4-5-12(11)16(17)18/h4-5,7,10,14H,2-3,6,8H2,1H3. The Morgan fingerprint density at radius 2 is 2.39 bits per heavy atom. The molecule has 0 spiro atoms. The third kappa shape index (κ3) is 2.76. The molecule has 1 aliphatic rings. The van der Waals surface area contributed by atoms with Crippen molar-refractivity contribution < 1.29 is 9.31 Å². The summed E-state index contributed by atoms with van der Waals surface area (Å²) in [7, 11) is 2.03. The first-order chi connectivity index (χ1) is 8.58. The van der Waals surface area contributed by atoms with E-state index in [1.54, 1.807) is 0 Å². The number of nitrogens with zero attached hydrogens (tertiary/aromatic N) is 2. The van der Waals surface area contributed by atoms with Crippen molar-refractivity contribution in [1.29, 1.82) is 0 Å². The fourth-order valence-corrected chi connectivity index (χ4v) is 2.27. The summed E-state index contributed by atoms with van der Waals surface area (Å²) < 4.78 is 13.1. The summed E-state index contributed by atoms with van der Waals surface area (Å²) in [5.41, 5.74) is 0.164. The number of halogens is 1. The Bertz CT molecular complexity index is 453. The molecule has 0 radical (unpaired) electrons. The van der Waals surface area contributed by atoms with Crippen LogP contribution in [0.25, 0.3) is 0 Å². The molecule has 0 aromatic heterocycles. The summed E-state index contributed by atoms with van der Waals surface area (Å²) in [5, 5.41) is 13.8. The van der Waals surface area contributed by atoms with Gasteiger partial charge >= 0.3 is 0 Å². The highest BCUT2D eigenvalue weighted by Gasteiger charge is 2.22. The van der Waals surface area contributed by atoms with Crippen LogP contribution in [0.2, 0.25) is 0 Å². The van der Waals surface area contributed by atoms with Gasteiger partial charge in [0.15, 0.2) is 0 Å². The molecule has 1 unspecified atom stereocenters. The second-order valence-electron chi connectivity index (χ2n) is 4.58. The molecule has 18 heavy (non-hydrogen) atoms. The highest BCUT2D eigenvalue weighted by atomic mass is 19.1. The van der Waals surface area contributed by atoms with Crippen LogP contribution in [-0.2, 0) is 0 Å². The minimum absolute atomic E-state index is 0.0861. The van der Waals surface area contributed by atoms with Gasteiger partial charge in [0.1, 0.15) is 11.5 Å². The molecule has 1 aromatic rings. The quantitative estimate of drug-likeness (QED) is 0.660. The van der Waals surface area contributed by atoms with Gasteiger partial charge in [-0.15, -0.1) is 0 Å². The van der Waals surface area contributed by atoms with Crippen LogP contribution in [0.4, 0.5) is 15.8 Å². The SMILES string of the molecule is CN1CCCC1CNc1cc(F)ccc1[N+](=O)[O-]. The predicted molar refractivity (Wildman–Crippen MR) is 67.2 cm³/mol. The number of nitrogens with one attached hydrogen (secondary N) is 1. The minimum atomic E-state index is -0.500. The lowest BCUT2D eigenvalue weighted by Crippen LogP contribution is -2.31. The number of anilines is 1. The largest absolute Gasteiger partial charge is 0.378 e. The normalized spacial score (nSPS) is 20.0. The third-order valence-electron chi connectivity index (χ3n) is 3.35. The first-order valence-electron chi connectivity index (χ1n) is 5.96. The molecule has 1 atom stereocenters. The van der Waals surface area contributed by atoms with Crippen LogP contribution in [0.15, 0.2) is 18.2 Å². The monoisotopic (exact) mass is 253 g/mol. The second-order valence-corrected chi connectivity index (χ2v) is 4.58. The molecule has 1 N–H and O–H groups in total. The maximum atomic E-state index is 13.1. The molecule has 0 bridgehead atoms. The van der Waals surface area contributed by atoms with Crippen molar-refractivity contribution in [3.8, 4) is 0 Å². The number of hydrogen-bond acceptors (Lipinski definition) is 4. The highest BCUT2D eigenvalue weighted by Crippen LogP contribution is 2.25. The third-order valence-corrected chi connectivity index (χ3v) is 3.35. The molecule has 98 valence electrons. The van der Waals surface area contributed by atoms with E-state index in [0.717, 1.165) is 25.5 Å². The van der Waals surface area contributed by atoms with Gasteiger partial charge in [0.25, 0.3) is 5.69 Å². The van der Waals surface area contributed by atoms with Crippen molar-refractivity contribution in [3.63, 3.8) is 0 Å². The zero-order chi connectivity index (χ0) is 13.1. The van der Waals surface area contributed by atoms with Gasteiger partial charge in [-0.1, -0.05) is 0 Å². The van der Waals surface area contributed by atoms with Crippen LogP contribution in [-0.4, -0.2) is 36.0 Å². The number of benzene rings is 1. The summed E-state index contributed by atoms with van der Waals surface area (Å²) in [6.45, 7) is 1.64.